The quantitative estimate of drug-likeness (QED) is 0.769. The molecule has 2 rings (SSSR count). The Labute approximate surface area is 94.1 Å². The summed E-state index contributed by atoms with van der Waals surface area (Å²) in [7, 11) is 0. The van der Waals surface area contributed by atoms with Gasteiger partial charge in [0.05, 0.1) is 12.6 Å². The molecule has 2 N–H and O–H groups in total. The van der Waals surface area contributed by atoms with E-state index in [1.54, 1.807) is 12.1 Å². The topological polar surface area (TPSA) is 64.7 Å². The maximum absolute atomic E-state index is 11.3. The van der Waals surface area contributed by atoms with Crippen LogP contribution in [0.5, 0.6) is 0 Å². The lowest BCUT2D eigenvalue weighted by Gasteiger charge is -2.02. The number of ketones is 1. The number of carbonyl (C=O) groups excluding carboxylic acids is 1. The molecule has 84 valence electrons. The fourth-order valence-electron chi connectivity index (χ4n) is 1.55. The van der Waals surface area contributed by atoms with Crippen LogP contribution in [0.25, 0.3) is 0 Å². The number of rotatable bonds is 3. The molecule has 0 bridgehead atoms. The monoisotopic (exact) mass is 218 g/mol. The van der Waals surface area contributed by atoms with E-state index in [0.717, 1.165) is 5.56 Å². The summed E-state index contributed by atoms with van der Waals surface area (Å²) in [5, 5.41) is 0. The number of nitrogens with zero attached hydrogens (tertiary/aromatic N) is 1. The molecule has 1 atom stereocenters. The third-order valence-corrected chi connectivity index (χ3v) is 2.44. The molecule has 0 fully saturated rings. The summed E-state index contributed by atoms with van der Waals surface area (Å²) in [6.45, 7) is 2.66. The van der Waals surface area contributed by atoms with Crippen LogP contribution < -0.4 is 5.73 Å². The Morgan fingerprint density at radius 1 is 1.50 bits per heavy atom. The highest BCUT2D eigenvalue weighted by Gasteiger charge is 2.16. The van der Waals surface area contributed by atoms with Crippen molar-refractivity contribution in [3.8, 4) is 0 Å². The minimum absolute atomic E-state index is 0.0355. The van der Waals surface area contributed by atoms with Gasteiger partial charge in [0, 0.05) is 11.1 Å². The molecular weight excluding hydrogens is 204 g/mol. The Hall–Kier alpha value is -1.68. The number of hydrogen-bond donors (Lipinski definition) is 1. The van der Waals surface area contributed by atoms with Crippen LogP contribution in [0.3, 0.4) is 0 Å². The van der Waals surface area contributed by atoms with Crippen molar-refractivity contribution in [2.24, 2.45) is 10.7 Å². The van der Waals surface area contributed by atoms with E-state index in [2.05, 4.69) is 4.99 Å². The van der Waals surface area contributed by atoms with E-state index in [1.807, 2.05) is 19.1 Å². The van der Waals surface area contributed by atoms with Crippen LogP contribution in [0.2, 0.25) is 0 Å². The number of Topliss-reactive ketones (excluding diaryl/α,β-unsaturated/α-hetero) is 1. The van der Waals surface area contributed by atoms with Gasteiger partial charge >= 0.3 is 0 Å². The number of hydrogen-bond acceptors (Lipinski definition) is 4. The third kappa shape index (κ3) is 2.12. The molecule has 4 heteroatoms. The molecule has 0 aromatic heterocycles. The van der Waals surface area contributed by atoms with Crippen molar-refractivity contribution < 1.29 is 9.53 Å². The molecule has 1 aromatic rings. The van der Waals surface area contributed by atoms with Crippen LogP contribution >= 0.6 is 0 Å². The summed E-state index contributed by atoms with van der Waals surface area (Å²) in [5.41, 5.74) is 6.81. The molecular formula is C12H14N2O2. The van der Waals surface area contributed by atoms with Crippen LogP contribution in [0.4, 0.5) is 0 Å². The Morgan fingerprint density at radius 2 is 2.19 bits per heavy atom. The molecule has 0 spiro atoms. The van der Waals surface area contributed by atoms with Crippen LogP contribution in [0.15, 0.2) is 29.3 Å². The van der Waals surface area contributed by atoms with Crippen molar-refractivity contribution in [3.05, 3.63) is 35.4 Å². The predicted octanol–water partition coefficient (Wildman–Crippen LogP) is 0.993. The van der Waals surface area contributed by atoms with Gasteiger partial charge < -0.3 is 10.5 Å². The molecule has 1 heterocycles. The number of ether oxygens (including phenoxy) is 1. The van der Waals surface area contributed by atoms with Crippen molar-refractivity contribution >= 4 is 11.7 Å². The molecule has 16 heavy (non-hydrogen) atoms. The molecule has 0 saturated heterocycles. The molecule has 1 unspecified atom stereocenters. The van der Waals surface area contributed by atoms with E-state index in [-0.39, 0.29) is 18.4 Å². The third-order valence-electron chi connectivity index (χ3n) is 2.44. The van der Waals surface area contributed by atoms with Crippen molar-refractivity contribution in [2.75, 3.05) is 13.2 Å². The molecule has 1 aliphatic heterocycles. The van der Waals surface area contributed by atoms with E-state index in [4.69, 9.17) is 10.5 Å². The van der Waals surface area contributed by atoms with Crippen molar-refractivity contribution in [3.63, 3.8) is 0 Å². The maximum atomic E-state index is 11.3. The van der Waals surface area contributed by atoms with Gasteiger partial charge in [0.1, 0.15) is 6.61 Å². The molecule has 4 nitrogen and oxygen atoms in total. The standard InChI is InChI=1S/C12H14N2O2/c1-8-7-16-12(14-8)10-4-2-9(3-5-10)11(15)6-13/h2-5,8H,6-7,13H2,1H3. The number of nitrogens with two attached hydrogens (primary N) is 1. The second-order valence-electron chi connectivity index (χ2n) is 3.80. The molecule has 0 saturated carbocycles. The smallest absolute Gasteiger partial charge is 0.216 e. The Bertz CT molecular complexity index is 423. The van der Waals surface area contributed by atoms with Crippen LogP contribution in [0.1, 0.15) is 22.8 Å². The summed E-state index contributed by atoms with van der Waals surface area (Å²) in [6, 6.07) is 7.37. The van der Waals surface area contributed by atoms with Gasteiger partial charge in [0.25, 0.3) is 0 Å². The van der Waals surface area contributed by atoms with E-state index in [0.29, 0.717) is 18.1 Å². The first-order chi connectivity index (χ1) is 7.70. The first-order valence-electron chi connectivity index (χ1n) is 5.25. The summed E-state index contributed by atoms with van der Waals surface area (Å²) in [6.07, 6.45) is 0. The van der Waals surface area contributed by atoms with Crippen molar-refractivity contribution in [1.82, 2.24) is 0 Å². The summed E-state index contributed by atoms with van der Waals surface area (Å²) < 4.78 is 5.42. The van der Waals surface area contributed by atoms with E-state index in [1.165, 1.54) is 0 Å². The van der Waals surface area contributed by atoms with Gasteiger partial charge in [-0.3, -0.25) is 4.79 Å². The molecule has 1 aliphatic rings. The first kappa shape index (κ1) is 10.8. The minimum Gasteiger partial charge on any atom is -0.475 e. The Balaban J connectivity index is 2.20. The van der Waals surface area contributed by atoms with Gasteiger partial charge in [-0.25, -0.2) is 4.99 Å². The SMILES string of the molecule is CC1COC(c2ccc(C(=O)CN)cc2)=N1. The molecule has 0 amide bonds. The van der Waals surface area contributed by atoms with Gasteiger partial charge in [-0.15, -0.1) is 0 Å². The highest BCUT2D eigenvalue weighted by atomic mass is 16.5. The zero-order valence-corrected chi connectivity index (χ0v) is 9.14. The lowest BCUT2D eigenvalue weighted by Crippen LogP contribution is -2.13. The number of benzene rings is 1. The van der Waals surface area contributed by atoms with E-state index >= 15 is 0 Å². The van der Waals surface area contributed by atoms with Crippen molar-refractivity contribution in [1.29, 1.82) is 0 Å². The maximum Gasteiger partial charge on any atom is 0.216 e. The fourth-order valence-corrected chi connectivity index (χ4v) is 1.55. The van der Waals surface area contributed by atoms with Gasteiger partial charge in [-0.2, -0.15) is 0 Å². The molecule has 1 aromatic carbocycles. The van der Waals surface area contributed by atoms with Gasteiger partial charge in [-0.1, -0.05) is 12.1 Å². The largest absolute Gasteiger partial charge is 0.475 e. The van der Waals surface area contributed by atoms with E-state index < -0.39 is 0 Å². The second kappa shape index (κ2) is 4.45. The molecule has 0 radical (unpaired) electrons. The molecule has 0 aliphatic carbocycles. The lowest BCUT2D eigenvalue weighted by molar-refractivity contribution is 0.100. The average Bonchev–Trinajstić information content (AvgIpc) is 2.75. The van der Waals surface area contributed by atoms with Crippen molar-refractivity contribution in [2.45, 2.75) is 13.0 Å². The van der Waals surface area contributed by atoms with Crippen LogP contribution in [-0.4, -0.2) is 30.9 Å². The summed E-state index contributed by atoms with van der Waals surface area (Å²) in [5.74, 6) is 0.591. The second-order valence-corrected chi connectivity index (χ2v) is 3.80. The predicted molar refractivity (Wildman–Crippen MR) is 61.8 cm³/mol. The van der Waals surface area contributed by atoms with Gasteiger partial charge in [-0.05, 0) is 19.1 Å². The van der Waals surface area contributed by atoms with E-state index in [9.17, 15) is 4.79 Å². The number of carbonyl (C=O) groups is 1. The number of aliphatic imine (C=N–C) groups is 1. The fraction of sp³-hybridized carbons (Fsp3) is 0.333. The minimum atomic E-state index is -0.0609. The first-order valence-corrected chi connectivity index (χ1v) is 5.25. The summed E-state index contributed by atoms with van der Waals surface area (Å²) >= 11 is 0. The Kier molecular flexibility index (Phi) is 3.01. The van der Waals surface area contributed by atoms with Crippen LogP contribution in [0, 0.1) is 0 Å². The van der Waals surface area contributed by atoms with Gasteiger partial charge in [0.2, 0.25) is 5.90 Å². The zero-order chi connectivity index (χ0) is 11.5. The highest BCUT2D eigenvalue weighted by molar-refractivity contribution is 5.99. The zero-order valence-electron chi connectivity index (χ0n) is 9.14. The summed E-state index contributed by atoms with van der Waals surface area (Å²) in [4.78, 5) is 15.6. The Morgan fingerprint density at radius 3 is 2.69 bits per heavy atom. The highest BCUT2D eigenvalue weighted by Crippen LogP contribution is 2.12. The van der Waals surface area contributed by atoms with Gasteiger partial charge in [0.15, 0.2) is 5.78 Å². The van der Waals surface area contributed by atoms with Crippen LogP contribution in [-0.2, 0) is 4.74 Å². The average molecular weight is 218 g/mol. The lowest BCUT2D eigenvalue weighted by atomic mass is 10.1. The normalized spacial score (nSPS) is 19.1.